The highest BCUT2D eigenvalue weighted by atomic mass is 32.1. The van der Waals surface area contributed by atoms with Crippen LogP contribution in [0.15, 0.2) is 53.2 Å². The van der Waals surface area contributed by atoms with Crippen molar-refractivity contribution in [1.29, 1.82) is 0 Å². The SMILES string of the molecule is Cc1ccccc1C1c2ccsc2CCN1C(=O)CN(CCC(C)C)C(=O)Cc1cccs1. The summed E-state index contributed by atoms with van der Waals surface area (Å²) in [7, 11) is 0. The molecule has 0 saturated heterocycles. The number of thiophene rings is 2. The van der Waals surface area contributed by atoms with Crippen molar-refractivity contribution in [2.24, 2.45) is 5.92 Å². The first-order valence-corrected chi connectivity index (χ1v) is 13.4. The molecule has 4 nitrogen and oxygen atoms in total. The van der Waals surface area contributed by atoms with Crippen LogP contribution in [0, 0.1) is 12.8 Å². The van der Waals surface area contributed by atoms with Gasteiger partial charge in [0.2, 0.25) is 11.8 Å². The third-order valence-electron chi connectivity index (χ3n) is 6.33. The molecule has 0 saturated carbocycles. The van der Waals surface area contributed by atoms with E-state index in [9.17, 15) is 9.59 Å². The molecule has 0 fully saturated rings. The molecular weight excluding hydrogens is 448 g/mol. The molecule has 1 aromatic carbocycles. The molecule has 1 aliphatic rings. The third kappa shape index (κ3) is 5.56. The Hall–Kier alpha value is -2.44. The highest BCUT2D eigenvalue weighted by molar-refractivity contribution is 7.10. The molecule has 1 atom stereocenters. The fourth-order valence-electron chi connectivity index (χ4n) is 4.45. The van der Waals surface area contributed by atoms with Gasteiger partial charge < -0.3 is 9.80 Å². The van der Waals surface area contributed by atoms with Gasteiger partial charge in [-0.2, -0.15) is 0 Å². The van der Waals surface area contributed by atoms with Gasteiger partial charge in [0.1, 0.15) is 0 Å². The van der Waals surface area contributed by atoms with E-state index in [2.05, 4.69) is 44.4 Å². The van der Waals surface area contributed by atoms with Gasteiger partial charge >= 0.3 is 0 Å². The average Bonchev–Trinajstić information content (AvgIpc) is 3.48. The summed E-state index contributed by atoms with van der Waals surface area (Å²) in [6.07, 6.45) is 2.12. The second-order valence-electron chi connectivity index (χ2n) is 9.15. The van der Waals surface area contributed by atoms with Crippen molar-refractivity contribution in [2.45, 2.75) is 46.1 Å². The summed E-state index contributed by atoms with van der Waals surface area (Å²) >= 11 is 3.37. The fraction of sp³-hybridized carbons (Fsp3) is 0.407. The molecule has 0 radical (unpaired) electrons. The number of carbonyl (C=O) groups excluding carboxylic acids is 2. The number of hydrogen-bond acceptors (Lipinski definition) is 4. The van der Waals surface area contributed by atoms with Gasteiger partial charge in [-0.25, -0.2) is 0 Å². The van der Waals surface area contributed by atoms with E-state index in [4.69, 9.17) is 0 Å². The van der Waals surface area contributed by atoms with Gasteiger partial charge in [0.25, 0.3) is 0 Å². The monoisotopic (exact) mass is 480 g/mol. The number of amides is 2. The smallest absolute Gasteiger partial charge is 0.242 e. The molecule has 1 aliphatic heterocycles. The van der Waals surface area contributed by atoms with Crippen molar-refractivity contribution < 1.29 is 9.59 Å². The van der Waals surface area contributed by atoms with Gasteiger partial charge in [0, 0.05) is 22.8 Å². The standard InChI is InChI=1S/C27H32N2O2S2/c1-19(2)10-13-28(25(30)17-21-8-6-15-32-21)18-26(31)29-14-11-24-23(12-16-33-24)27(29)22-9-5-4-7-20(22)3/h4-9,12,15-16,19,27H,10-11,13-14,17-18H2,1-3H3. The van der Waals surface area contributed by atoms with Crippen molar-refractivity contribution in [3.8, 4) is 0 Å². The van der Waals surface area contributed by atoms with Gasteiger partial charge in [-0.15, -0.1) is 22.7 Å². The van der Waals surface area contributed by atoms with Crippen LogP contribution < -0.4 is 0 Å². The lowest BCUT2D eigenvalue weighted by molar-refractivity contribution is -0.141. The summed E-state index contributed by atoms with van der Waals surface area (Å²) in [4.78, 5) is 33.1. The summed E-state index contributed by atoms with van der Waals surface area (Å²) in [5.74, 6) is 0.538. The number of carbonyl (C=O) groups is 2. The maximum absolute atomic E-state index is 13.7. The number of benzene rings is 1. The van der Waals surface area contributed by atoms with Crippen LogP contribution in [-0.2, 0) is 22.4 Å². The zero-order chi connectivity index (χ0) is 23.4. The molecule has 2 amide bonds. The van der Waals surface area contributed by atoms with E-state index in [1.54, 1.807) is 27.6 Å². The molecule has 6 heteroatoms. The average molecular weight is 481 g/mol. The minimum atomic E-state index is -0.0898. The predicted octanol–water partition coefficient (Wildman–Crippen LogP) is 5.71. The number of hydrogen-bond donors (Lipinski definition) is 0. The van der Waals surface area contributed by atoms with Gasteiger partial charge in [0.05, 0.1) is 19.0 Å². The molecule has 1 unspecified atom stereocenters. The van der Waals surface area contributed by atoms with E-state index in [1.807, 2.05) is 34.5 Å². The summed E-state index contributed by atoms with van der Waals surface area (Å²) < 4.78 is 0. The highest BCUT2D eigenvalue weighted by Gasteiger charge is 2.34. The van der Waals surface area contributed by atoms with Gasteiger partial charge in [-0.3, -0.25) is 9.59 Å². The zero-order valence-corrected chi connectivity index (χ0v) is 21.3. The van der Waals surface area contributed by atoms with Gasteiger partial charge in [-0.1, -0.05) is 44.2 Å². The van der Waals surface area contributed by atoms with Crippen LogP contribution in [0.4, 0.5) is 0 Å². The largest absolute Gasteiger partial charge is 0.333 e. The third-order valence-corrected chi connectivity index (χ3v) is 8.20. The number of rotatable bonds is 8. The van der Waals surface area contributed by atoms with Crippen LogP contribution in [0.1, 0.15) is 52.8 Å². The lowest BCUT2D eigenvalue weighted by Crippen LogP contribution is -2.47. The Morgan fingerprint density at radius 3 is 2.61 bits per heavy atom. The lowest BCUT2D eigenvalue weighted by Gasteiger charge is -2.38. The topological polar surface area (TPSA) is 40.6 Å². The van der Waals surface area contributed by atoms with Crippen molar-refractivity contribution in [2.75, 3.05) is 19.6 Å². The van der Waals surface area contributed by atoms with E-state index in [-0.39, 0.29) is 24.4 Å². The minimum absolute atomic E-state index is 0.0309. The Bertz CT molecular complexity index is 1090. The molecule has 4 rings (SSSR count). The first kappa shape index (κ1) is 23.7. The van der Waals surface area contributed by atoms with Gasteiger partial charge in [0.15, 0.2) is 0 Å². The number of nitrogens with zero attached hydrogens (tertiary/aromatic N) is 2. The van der Waals surface area contributed by atoms with Crippen LogP contribution in [0.5, 0.6) is 0 Å². The Labute approximate surface area is 204 Å². The first-order chi connectivity index (χ1) is 15.9. The molecule has 0 bridgehead atoms. The Morgan fingerprint density at radius 1 is 1.06 bits per heavy atom. The predicted molar refractivity (Wildman–Crippen MR) is 137 cm³/mol. The Morgan fingerprint density at radius 2 is 1.88 bits per heavy atom. The normalized spacial score (nSPS) is 15.5. The lowest BCUT2D eigenvalue weighted by atomic mass is 9.90. The second kappa shape index (κ2) is 10.7. The van der Waals surface area contributed by atoms with Crippen molar-refractivity contribution in [3.63, 3.8) is 0 Å². The van der Waals surface area contributed by atoms with Gasteiger partial charge in [-0.05, 0) is 65.3 Å². The minimum Gasteiger partial charge on any atom is -0.333 e. The summed E-state index contributed by atoms with van der Waals surface area (Å²) in [5.41, 5.74) is 3.58. The van der Waals surface area contributed by atoms with Crippen LogP contribution >= 0.6 is 22.7 Å². The molecule has 3 heterocycles. The van der Waals surface area contributed by atoms with E-state index in [0.29, 0.717) is 25.4 Å². The Kier molecular flexibility index (Phi) is 7.66. The second-order valence-corrected chi connectivity index (χ2v) is 11.2. The highest BCUT2D eigenvalue weighted by Crippen LogP contribution is 2.39. The molecule has 174 valence electrons. The molecule has 33 heavy (non-hydrogen) atoms. The molecule has 3 aromatic rings. The molecule has 0 aliphatic carbocycles. The van der Waals surface area contributed by atoms with Crippen LogP contribution in [0.25, 0.3) is 0 Å². The van der Waals surface area contributed by atoms with Crippen molar-refractivity contribution >= 4 is 34.5 Å². The zero-order valence-electron chi connectivity index (χ0n) is 19.6. The van der Waals surface area contributed by atoms with E-state index in [1.165, 1.54) is 21.6 Å². The van der Waals surface area contributed by atoms with Crippen molar-refractivity contribution in [3.05, 3.63) is 79.7 Å². The molecule has 2 aromatic heterocycles. The van der Waals surface area contributed by atoms with E-state index >= 15 is 0 Å². The van der Waals surface area contributed by atoms with E-state index < -0.39 is 0 Å². The first-order valence-electron chi connectivity index (χ1n) is 11.7. The van der Waals surface area contributed by atoms with E-state index in [0.717, 1.165) is 17.7 Å². The number of aryl methyl sites for hydroxylation is 1. The quantitative estimate of drug-likeness (QED) is 0.414. The number of fused-ring (bicyclic) bond motifs is 1. The summed E-state index contributed by atoms with van der Waals surface area (Å²) in [6.45, 7) is 7.85. The maximum atomic E-state index is 13.7. The van der Waals surface area contributed by atoms with Crippen LogP contribution in [0.3, 0.4) is 0 Å². The van der Waals surface area contributed by atoms with Crippen molar-refractivity contribution in [1.82, 2.24) is 9.80 Å². The maximum Gasteiger partial charge on any atom is 0.242 e. The summed E-state index contributed by atoms with van der Waals surface area (Å²) in [6, 6.07) is 14.4. The molecule has 0 N–H and O–H groups in total. The fourth-order valence-corrected chi connectivity index (χ4v) is 6.05. The van der Waals surface area contributed by atoms with Crippen LogP contribution in [-0.4, -0.2) is 41.2 Å². The molecule has 0 spiro atoms. The summed E-state index contributed by atoms with van der Waals surface area (Å²) in [5, 5.41) is 4.12. The van der Waals surface area contributed by atoms with Crippen LogP contribution in [0.2, 0.25) is 0 Å². The molecular formula is C27H32N2O2S2. The Balaban J connectivity index is 1.58.